The van der Waals surface area contributed by atoms with Crippen molar-refractivity contribution in [3.63, 3.8) is 0 Å². The second-order valence-corrected chi connectivity index (χ2v) is 4.94. The maximum atomic E-state index is 12.1. The molecule has 1 rings (SSSR count). The number of rotatable bonds is 5. The fourth-order valence-corrected chi connectivity index (χ4v) is 2.15. The quantitative estimate of drug-likeness (QED) is 0.653. The molecule has 0 aromatic carbocycles. The first kappa shape index (κ1) is 16.2. The van der Waals surface area contributed by atoms with Crippen molar-refractivity contribution in [2.75, 3.05) is 27.3 Å². The number of thiophene rings is 1. The summed E-state index contributed by atoms with van der Waals surface area (Å²) in [6.45, 7) is 0.341. The molecule has 0 aliphatic carbocycles. The van der Waals surface area contributed by atoms with Gasteiger partial charge >= 0.3 is 5.97 Å². The Morgan fingerprint density at radius 2 is 2.25 bits per heavy atom. The number of aliphatic hydroxyl groups is 1. The highest BCUT2D eigenvalue weighted by Crippen LogP contribution is 2.15. The van der Waals surface area contributed by atoms with Crippen LogP contribution in [0.3, 0.4) is 0 Å². The molecule has 20 heavy (non-hydrogen) atoms. The van der Waals surface area contributed by atoms with Crippen LogP contribution in [0.1, 0.15) is 28.1 Å². The lowest BCUT2D eigenvalue weighted by Crippen LogP contribution is -2.28. The summed E-state index contributed by atoms with van der Waals surface area (Å²) in [5, 5.41) is 10.4. The van der Waals surface area contributed by atoms with Crippen molar-refractivity contribution in [1.82, 2.24) is 4.90 Å². The Bertz CT molecular complexity index is 527. The van der Waals surface area contributed by atoms with Crippen molar-refractivity contribution in [1.29, 1.82) is 0 Å². The predicted octanol–water partition coefficient (Wildman–Crippen LogP) is 1.12. The van der Waals surface area contributed by atoms with Crippen LogP contribution in [0.4, 0.5) is 0 Å². The van der Waals surface area contributed by atoms with Gasteiger partial charge in [0.05, 0.1) is 30.6 Å². The third kappa shape index (κ3) is 5.03. The second kappa shape index (κ2) is 8.35. The number of nitrogens with zero attached hydrogens (tertiary/aromatic N) is 1. The van der Waals surface area contributed by atoms with Gasteiger partial charge in [0.25, 0.3) is 5.91 Å². The molecule has 5 nitrogen and oxygen atoms in total. The number of amides is 1. The van der Waals surface area contributed by atoms with Crippen LogP contribution in [0.5, 0.6) is 0 Å². The fourth-order valence-electron chi connectivity index (χ4n) is 1.40. The Morgan fingerprint density at radius 3 is 2.90 bits per heavy atom. The van der Waals surface area contributed by atoms with Crippen molar-refractivity contribution >= 4 is 23.2 Å². The van der Waals surface area contributed by atoms with Crippen LogP contribution in [0.2, 0.25) is 0 Å². The SMILES string of the molecule is COC(=O)CCN(C)C(=O)c1csc(C#CCCO)c1. The van der Waals surface area contributed by atoms with E-state index in [9.17, 15) is 9.59 Å². The first-order valence-corrected chi connectivity index (χ1v) is 6.97. The lowest BCUT2D eigenvalue weighted by atomic mass is 10.2. The average Bonchev–Trinajstić information content (AvgIpc) is 2.92. The van der Waals surface area contributed by atoms with Crippen LogP contribution >= 0.6 is 11.3 Å². The third-order valence-corrected chi connectivity index (χ3v) is 3.37. The summed E-state index contributed by atoms with van der Waals surface area (Å²) in [6, 6.07) is 1.71. The summed E-state index contributed by atoms with van der Waals surface area (Å²) in [5.41, 5.74) is 0.552. The van der Waals surface area contributed by atoms with E-state index in [0.29, 0.717) is 18.5 Å². The zero-order valence-electron chi connectivity index (χ0n) is 11.5. The number of hydrogen-bond acceptors (Lipinski definition) is 5. The molecular formula is C14H17NO4S. The molecule has 1 aromatic rings. The Hall–Kier alpha value is -1.84. The Balaban J connectivity index is 2.59. The van der Waals surface area contributed by atoms with Crippen LogP contribution in [0, 0.1) is 11.8 Å². The van der Waals surface area contributed by atoms with E-state index >= 15 is 0 Å². The summed E-state index contributed by atoms with van der Waals surface area (Å²) in [7, 11) is 2.96. The molecule has 0 radical (unpaired) electrons. The molecular weight excluding hydrogens is 278 g/mol. The van der Waals surface area contributed by atoms with Gasteiger partial charge < -0.3 is 14.7 Å². The number of hydrogen-bond donors (Lipinski definition) is 1. The monoisotopic (exact) mass is 295 g/mol. The van der Waals surface area contributed by atoms with Crippen LogP contribution in [-0.2, 0) is 9.53 Å². The van der Waals surface area contributed by atoms with Crippen molar-refractivity contribution in [2.45, 2.75) is 12.8 Å². The molecule has 0 unspecified atom stereocenters. The maximum Gasteiger partial charge on any atom is 0.307 e. The number of methoxy groups -OCH3 is 1. The Labute approximate surface area is 122 Å². The van der Waals surface area contributed by atoms with Gasteiger partial charge in [0.15, 0.2) is 0 Å². The highest BCUT2D eigenvalue weighted by molar-refractivity contribution is 7.10. The normalized spacial score (nSPS) is 9.55. The molecule has 0 saturated heterocycles. The summed E-state index contributed by atoms with van der Waals surface area (Å²) in [4.78, 5) is 25.4. The second-order valence-electron chi connectivity index (χ2n) is 4.03. The van der Waals surface area contributed by atoms with Gasteiger partial charge in [-0.2, -0.15) is 0 Å². The minimum atomic E-state index is -0.342. The number of ether oxygens (including phenoxy) is 1. The van der Waals surface area contributed by atoms with Gasteiger partial charge in [0.2, 0.25) is 0 Å². The topological polar surface area (TPSA) is 66.8 Å². The van der Waals surface area contributed by atoms with E-state index in [4.69, 9.17) is 5.11 Å². The van der Waals surface area contributed by atoms with E-state index in [1.54, 1.807) is 18.5 Å². The van der Waals surface area contributed by atoms with Crippen molar-refractivity contribution in [2.24, 2.45) is 0 Å². The molecule has 0 aliphatic heterocycles. The van der Waals surface area contributed by atoms with E-state index in [-0.39, 0.29) is 24.9 Å². The molecule has 0 spiro atoms. The summed E-state index contributed by atoms with van der Waals surface area (Å²) in [5.74, 6) is 5.19. The van der Waals surface area contributed by atoms with E-state index in [2.05, 4.69) is 16.6 Å². The number of carbonyl (C=O) groups excluding carboxylic acids is 2. The molecule has 6 heteroatoms. The van der Waals surface area contributed by atoms with Crippen LogP contribution < -0.4 is 0 Å². The molecule has 1 N–H and O–H groups in total. The van der Waals surface area contributed by atoms with E-state index in [1.165, 1.54) is 23.3 Å². The van der Waals surface area contributed by atoms with Crippen molar-refractivity contribution < 1.29 is 19.4 Å². The lowest BCUT2D eigenvalue weighted by molar-refractivity contribution is -0.140. The first-order valence-electron chi connectivity index (χ1n) is 6.09. The van der Waals surface area contributed by atoms with Gasteiger partial charge in [-0.05, 0) is 6.07 Å². The smallest absolute Gasteiger partial charge is 0.307 e. The number of aliphatic hydroxyl groups excluding tert-OH is 1. The number of esters is 1. The fraction of sp³-hybridized carbons (Fsp3) is 0.429. The molecule has 0 atom stereocenters. The van der Waals surface area contributed by atoms with Gasteiger partial charge in [-0.1, -0.05) is 11.8 Å². The van der Waals surface area contributed by atoms with Crippen molar-refractivity contribution in [3.05, 3.63) is 21.9 Å². The molecule has 0 saturated carbocycles. The minimum Gasteiger partial charge on any atom is -0.469 e. The van der Waals surface area contributed by atoms with Gasteiger partial charge in [-0.3, -0.25) is 9.59 Å². The predicted molar refractivity (Wildman–Crippen MR) is 76.5 cm³/mol. The zero-order chi connectivity index (χ0) is 15.0. The molecule has 0 aliphatic rings. The van der Waals surface area contributed by atoms with E-state index in [0.717, 1.165) is 4.88 Å². The van der Waals surface area contributed by atoms with Crippen molar-refractivity contribution in [3.8, 4) is 11.8 Å². The van der Waals surface area contributed by atoms with Crippen LogP contribution in [0.25, 0.3) is 0 Å². The number of carbonyl (C=O) groups is 2. The highest BCUT2D eigenvalue weighted by Gasteiger charge is 2.14. The van der Waals surface area contributed by atoms with E-state index in [1.807, 2.05) is 0 Å². The highest BCUT2D eigenvalue weighted by atomic mass is 32.1. The summed E-state index contributed by atoms with van der Waals surface area (Å²) < 4.78 is 4.53. The standard InChI is InChI=1S/C14H17NO4S/c1-15(7-6-13(17)19-2)14(18)11-9-12(20-10-11)5-3-4-8-16/h9-10,16H,4,6-8H2,1-2H3. The summed E-state index contributed by atoms with van der Waals surface area (Å²) in [6.07, 6.45) is 0.590. The molecule has 1 amide bonds. The molecule has 0 fully saturated rings. The lowest BCUT2D eigenvalue weighted by Gasteiger charge is -2.15. The summed E-state index contributed by atoms with van der Waals surface area (Å²) >= 11 is 1.38. The van der Waals surface area contributed by atoms with Gasteiger partial charge in [0.1, 0.15) is 0 Å². The molecule has 1 heterocycles. The Morgan fingerprint density at radius 1 is 1.50 bits per heavy atom. The van der Waals surface area contributed by atoms with Gasteiger partial charge in [-0.25, -0.2) is 0 Å². The average molecular weight is 295 g/mol. The van der Waals surface area contributed by atoms with Crippen LogP contribution in [0.15, 0.2) is 11.4 Å². The van der Waals surface area contributed by atoms with E-state index < -0.39 is 0 Å². The maximum absolute atomic E-state index is 12.1. The largest absolute Gasteiger partial charge is 0.469 e. The van der Waals surface area contributed by atoms with Crippen LogP contribution in [-0.4, -0.2) is 49.2 Å². The third-order valence-electron chi connectivity index (χ3n) is 2.52. The Kier molecular flexibility index (Phi) is 6.77. The zero-order valence-corrected chi connectivity index (χ0v) is 12.3. The molecule has 1 aromatic heterocycles. The van der Waals surface area contributed by atoms with Gasteiger partial charge in [-0.15, -0.1) is 11.3 Å². The van der Waals surface area contributed by atoms with Gasteiger partial charge in [0, 0.05) is 25.4 Å². The molecule has 108 valence electrons. The minimum absolute atomic E-state index is 0.0282. The molecule has 0 bridgehead atoms. The first-order chi connectivity index (χ1) is 9.58.